The van der Waals surface area contributed by atoms with Crippen LogP contribution in [0.15, 0.2) is 27.6 Å². The van der Waals surface area contributed by atoms with E-state index in [0.29, 0.717) is 43.6 Å². The van der Waals surface area contributed by atoms with Crippen LogP contribution in [0.1, 0.15) is 42.1 Å². The van der Waals surface area contributed by atoms with Crippen LogP contribution >= 0.6 is 24.0 Å². The lowest BCUT2D eigenvalue weighted by atomic mass is 9.96. The summed E-state index contributed by atoms with van der Waals surface area (Å²) in [6.45, 7) is 9.25. The summed E-state index contributed by atoms with van der Waals surface area (Å²) in [6.07, 6.45) is 0.556. The highest BCUT2D eigenvalue weighted by Crippen LogP contribution is 2.30. The van der Waals surface area contributed by atoms with Gasteiger partial charge in [-0.05, 0) is 57.9 Å². The minimum Gasteiger partial charge on any atom is -0.467 e. The van der Waals surface area contributed by atoms with Crippen LogP contribution in [-0.2, 0) is 23.4 Å². The van der Waals surface area contributed by atoms with Gasteiger partial charge in [-0.2, -0.15) is 0 Å². The Hall–Kier alpha value is -1.85. The predicted octanol–water partition coefficient (Wildman–Crippen LogP) is 3.53. The molecule has 1 unspecified atom stereocenters. The molecule has 1 atom stereocenters. The van der Waals surface area contributed by atoms with E-state index in [2.05, 4.69) is 15.6 Å². The van der Waals surface area contributed by atoms with Crippen molar-refractivity contribution in [1.29, 1.82) is 0 Å². The topological polar surface area (TPSA) is 88.3 Å². The maximum atomic E-state index is 13.9. The number of rotatable bonds is 7. The first-order valence-corrected chi connectivity index (χ1v) is 10.1. The zero-order chi connectivity index (χ0) is 21.7. The number of benzene rings is 1. The number of furan rings is 1. The average molecular weight is 547 g/mol. The third-order valence-electron chi connectivity index (χ3n) is 4.95. The highest BCUT2D eigenvalue weighted by molar-refractivity contribution is 14.0. The van der Waals surface area contributed by atoms with Gasteiger partial charge in [0.15, 0.2) is 12.8 Å². The summed E-state index contributed by atoms with van der Waals surface area (Å²) in [4.78, 5) is 4.53. The van der Waals surface area contributed by atoms with Gasteiger partial charge in [0.1, 0.15) is 28.7 Å². The lowest BCUT2D eigenvalue weighted by molar-refractivity contribution is -0.0172. The first kappa shape index (κ1) is 25.4. The van der Waals surface area contributed by atoms with Gasteiger partial charge < -0.3 is 29.6 Å². The molecule has 0 aliphatic carbocycles. The fraction of sp³-hybridized carbons (Fsp3) is 0.500. The summed E-state index contributed by atoms with van der Waals surface area (Å²) in [6, 6.07) is 4.77. The van der Waals surface area contributed by atoms with Gasteiger partial charge >= 0.3 is 0 Å². The van der Waals surface area contributed by atoms with Crippen molar-refractivity contribution >= 4 is 29.9 Å². The largest absolute Gasteiger partial charge is 0.467 e. The third kappa shape index (κ3) is 6.56. The monoisotopic (exact) mass is 547 g/mol. The molecule has 2 aromatic rings. The number of aliphatic imine (C=N–C) groups is 1. The molecule has 1 aromatic carbocycles. The second-order valence-electron chi connectivity index (χ2n) is 7.64. The molecule has 0 saturated carbocycles. The van der Waals surface area contributed by atoms with Crippen molar-refractivity contribution in [2.75, 3.05) is 26.4 Å². The number of nitrogens with one attached hydrogen (secondary N) is 2. The molecule has 172 valence electrons. The van der Waals surface area contributed by atoms with E-state index in [1.54, 1.807) is 6.92 Å². The Morgan fingerprint density at radius 2 is 2.03 bits per heavy atom. The van der Waals surface area contributed by atoms with Crippen molar-refractivity contribution in [3.05, 3.63) is 52.2 Å². The van der Waals surface area contributed by atoms with Crippen LogP contribution in [0, 0.1) is 19.7 Å². The molecule has 2 heterocycles. The normalized spacial score (nSPS) is 15.4. The number of halogens is 2. The molecule has 1 aliphatic heterocycles. The fourth-order valence-electron chi connectivity index (χ4n) is 3.58. The van der Waals surface area contributed by atoms with E-state index in [-0.39, 0.29) is 43.1 Å². The van der Waals surface area contributed by atoms with Crippen LogP contribution in [0.2, 0.25) is 0 Å². The second-order valence-corrected chi connectivity index (χ2v) is 7.64. The van der Waals surface area contributed by atoms with Crippen molar-refractivity contribution in [1.82, 2.24) is 10.6 Å². The van der Waals surface area contributed by atoms with E-state index in [0.717, 1.165) is 22.5 Å². The molecular weight excluding hydrogens is 516 g/mol. The molecule has 7 nitrogen and oxygen atoms in total. The lowest BCUT2D eigenvalue weighted by Crippen LogP contribution is -2.39. The Labute approximate surface area is 199 Å². The van der Waals surface area contributed by atoms with Gasteiger partial charge in [-0.25, -0.2) is 9.38 Å². The summed E-state index contributed by atoms with van der Waals surface area (Å²) in [7, 11) is 0. The molecule has 1 aliphatic rings. The van der Waals surface area contributed by atoms with E-state index in [4.69, 9.17) is 13.9 Å². The molecule has 9 heteroatoms. The van der Waals surface area contributed by atoms with Gasteiger partial charge in [-0.3, -0.25) is 0 Å². The van der Waals surface area contributed by atoms with Crippen molar-refractivity contribution in [3.8, 4) is 5.75 Å². The molecule has 0 radical (unpaired) electrons. The Morgan fingerprint density at radius 1 is 1.26 bits per heavy atom. The average Bonchev–Trinajstić information content (AvgIpc) is 3.05. The van der Waals surface area contributed by atoms with E-state index < -0.39 is 5.60 Å². The van der Waals surface area contributed by atoms with Crippen molar-refractivity contribution in [2.24, 2.45) is 4.99 Å². The number of hydrogen-bond acceptors (Lipinski definition) is 5. The Balaban J connectivity index is 0.00000341. The highest BCUT2D eigenvalue weighted by atomic mass is 127. The van der Waals surface area contributed by atoms with E-state index in [1.807, 2.05) is 26.8 Å². The van der Waals surface area contributed by atoms with Crippen LogP contribution < -0.4 is 15.4 Å². The summed E-state index contributed by atoms with van der Waals surface area (Å²) in [5, 5.41) is 17.3. The molecular formula is C22H31FIN3O4. The van der Waals surface area contributed by atoms with Gasteiger partial charge in [0, 0.05) is 24.2 Å². The predicted molar refractivity (Wildman–Crippen MR) is 128 cm³/mol. The number of aliphatic hydroxyl groups is 1. The van der Waals surface area contributed by atoms with E-state index in [9.17, 15) is 9.50 Å². The van der Waals surface area contributed by atoms with Crippen LogP contribution in [0.3, 0.4) is 0 Å². The molecule has 3 N–H and O–H groups in total. The maximum absolute atomic E-state index is 13.9. The first-order chi connectivity index (χ1) is 14.3. The quantitative estimate of drug-likeness (QED) is 0.280. The third-order valence-corrected chi connectivity index (χ3v) is 4.95. The van der Waals surface area contributed by atoms with E-state index in [1.165, 1.54) is 12.1 Å². The van der Waals surface area contributed by atoms with Crippen molar-refractivity contribution < 1.29 is 23.4 Å². The Bertz CT molecular complexity index is 914. The van der Waals surface area contributed by atoms with Crippen LogP contribution in [0.25, 0.3) is 0 Å². The molecule has 1 aromatic heterocycles. The molecule has 0 spiro atoms. The maximum Gasteiger partial charge on any atom is 0.191 e. The van der Waals surface area contributed by atoms with Gasteiger partial charge in [0.25, 0.3) is 0 Å². The second kappa shape index (κ2) is 11.1. The van der Waals surface area contributed by atoms with Crippen molar-refractivity contribution in [3.63, 3.8) is 0 Å². The van der Waals surface area contributed by atoms with Gasteiger partial charge in [-0.15, -0.1) is 24.0 Å². The summed E-state index contributed by atoms with van der Waals surface area (Å²) in [5.41, 5.74) is 1.08. The van der Waals surface area contributed by atoms with Gasteiger partial charge in [-0.1, -0.05) is 0 Å². The zero-order valence-electron chi connectivity index (χ0n) is 18.4. The van der Waals surface area contributed by atoms with Gasteiger partial charge in [0.05, 0.1) is 13.2 Å². The van der Waals surface area contributed by atoms with Crippen LogP contribution in [0.4, 0.5) is 4.39 Å². The minimum atomic E-state index is -1.15. The number of fused-ring (bicyclic) bond motifs is 1. The number of aryl methyl sites for hydroxylation is 2. The first-order valence-electron chi connectivity index (χ1n) is 10.1. The molecule has 0 bridgehead atoms. The fourth-order valence-corrected chi connectivity index (χ4v) is 3.58. The zero-order valence-corrected chi connectivity index (χ0v) is 20.7. The van der Waals surface area contributed by atoms with Gasteiger partial charge in [0.2, 0.25) is 0 Å². The molecule has 0 amide bonds. The SMILES string of the molecule is CCNC(=NCC(C)(O)c1cc(C)oc1C)NCCc1cc(F)cc2c1OCOC2.I. The number of nitrogens with zero attached hydrogens (tertiary/aromatic N) is 1. The lowest BCUT2D eigenvalue weighted by Gasteiger charge is -2.22. The van der Waals surface area contributed by atoms with E-state index >= 15 is 0 Å². The molecule has 31 heavy (non-hydrogen) atoms. The number of ether oxygens (including phenoxy) is 2. The minimum absolute atomic E-state index is 0. The Kier molecular flexibility index (Phi) is 9.14. The smallest absolute Gasteiger partial charge is 0.191 e. The summed E-state index contributed by atoms with van der Waals surface area (Å²) < 4.78 is 30.2. The van der Waals surface area contributed by atoms with Crippen molar-refractivity contribution in [2.45, 2.75) is 46.3 Å². The highest BCUT2D eigenvalue weighted by Gasteiger charge is 2.27. The van der Waals surface area contributed by atoms with Crippen LogP contribution in [-0.4, -0.2) is 37.5 Å². The molecule has 3 rings (SSSR count). The Morgan fingerprint density at radius 3 is 2.71 bits per heavy atom. The number of guanidine groups is 1. The van der Waals surface area contributed by atoms with Crippen LogP contribution in [0.5, 0.6) is 5.75 Å². The summed E-state index contributed by atoms with van der Waals surface area (Å²) in [5.74, 6) is 2.40. The molecule has 0 fully saturated rings. The summed E-state index contributed by atoms with van der Waals surface area (Å²) >= 11 is 0. The molecule has 0 saturated heterocycles. The standard InChI is InChI=1S/C22H30FN3O4.HI/c1-5-24-21(26-12-22(4,27)19-8-14(2)30-15(19)3)25-7-6-16-9-18(23)10-17-11-28-13-29-20(16)17;/h8-10,27H,5-7,11-13H2,1-4H3,(H2,24,25,26);1H. The number of hydrogen-bond donors (Lipinski definition) is 3.